The van der Waals surface area contributed by atoms with E-state index in [9.17, 15) is 4.79 Å². The fourth-order valence-electron chi connectivity index (χ4n) is 1.94. The highest BCUT2D eigenvalue weighted by molar-refractivity contribution is 7.19. The highest BCUT2D eigenvalue weighted by atomic mass is 35.5. The number of benzene rings is 1. The maximum absolute atomic E-state index is 12.1. The Labute approximate surface area is 150 Å². The lowest BCUT2D eigenvalue weighted by atomic mass is 10.3. The number of halogens is 1. The summed E-state index contributed by atoms with van der Waals surface area (Å²) >= 11 is 7.26. The third kappa shape index (κ3) is 4.97. The van der Waals surface area contributed by atoms with Gasteiger partial charge in [-0.1, -0.05) is 36.3 Å². The summed E-state index contributed by atoms with van der Waals surface area (Å²) < 4.78 is 5.19. The molecular formula is C15H20ClN5O2S. The Hall–Kier alpha value is -2.06. The second kappa shape index (κ2) is 8.70. The van der Waals surface area contributed by atoms with Gasteiger partial charge in [-0.15, -0.1) is 10.2 Å². The molecule has 2 amide bonds. The van der Waals surface area contributed by atoms with Crippen LogP contribution >= 0.6 is 22.9 Å². The van der Waals surface area contributed by atoms with Crippen molar-refractivity contribution in [2.75, 3.05) is 36.2 Å². The van der Waals surface area contributed by atoms with Crippen LogP contribution in [0.5, 0.6) is 5.75 Å². The molecule has 7 nitrogen and oxygen atoms in total. The Morgan fingerprint density at radius 2 is 2.17 bits per heavy atom. The number of rotatable bonds is 7. The van der Waals surface area contributed by atoms with Crippen LogP contribution in [0.1, 0.15) is 19.8 Å². The van der Waals surface area contributed by atoms with E-state index < -0.39 is 6.03 Å². The van der Waals surface area contributed by atoms with E-state index in [2.05, 4.69) is 27.8 Å². The fraction of sp³-hybridized carbons (Fsp3) is 0.400. The molecule has 130 valence electrons. The van der Waals surface area contributed by atoms with E-state index in [0.29, 0.717) is 21.6 Å². The lowest BCUT2D eigenvalue weighted by Gasteiger charge is -2.13. The van der Waals surface area contributed by atoms with Gasteiger partial charge in [-0.2, -0.15) is 0 Å². The largest absolute Gasteiger partial charge is 0.495 e. The van der Waals surface area contributed by atoms with Crippen molar-refractivity contribution in [3.63, 3.8) is 0 Å². The van der Waals surface area contributed by atoms with Crippen LogP contribution in [0.15, 0.2) is 18.2 Å². The molecule has 1 aromatic heterocycles. The second-order valence-corrected chi connectivity index (χ2v) is 6.48. The van der Waals surface area contributed by atoms with E-state index in [0.717, 1.165) is 24.5 Å². The molecule has 0 atom stereocenters. The minimum absolute atomic E-state index is 0.423. The van der Waals surface area contributed by atoms with Gasteiger partial charge in [0.25, 0.3) is 0 Å². The summed E-state index contributed by atoms with van der Waals surface area (Å²) in [6.45, 7) is 3.03. The van der Waals surface area contributed by atoms with Crippen molar-refractivity contribution in [1.82, 2.24) is 10.2 Å². The number of hydrogen-bond donors (Lipinski definition) is 2. The maximum atomic E-state index is 12.1. The molecule has 0 spiro atoms. The highest BCUT2D eigenvalue weighted by Crippen LogP contribution is 2.28. The number of anilines is 3. The van der Waals surface area contributed by atoms with E-state index in [1.807, 2.05) is 11.9 Å². The monoisotopic (exact) mass is 369 g/mol. The lowest BCUT2D eigenvalue weighted by molar-refractivity contribution is 0.262. The van der Waals surface area contributed by atoms with Crippen molar-refractivity contribution in [2.45, 2.75) is 19.8 Å². The van der Waals surface area contributed by atoms with Crippen molar-refractivity contribution >= 4 is 44.9 Å². The predicted molar refractivity (Wildman–Crippen MR) is 98.7 cm³/mol. The van der Waals surface area contributed by atoms with E-state index in [4.69, 9.17) is 16.3 Å². The molecule has 9 heteroatoms. The van der Waals surface area contributed by atoms with Crippen LogP contribution in [0.25, 0.3) is 0 Å². The van der Waals surface area contributed by atoms with E-state index in [1.165, 1.54) is 18.4 Å². The van der Waals surface area contributed by atoms with Gasteiger partial charge in [-0.25, -0.2) is 4.79 Å². The Bertz CT molecular complexity index is 694. The molecule has 2 rings (SSSR count). The quantitative estimate of drug-likeness (QED) is 0.768. The molecule has 2 aromatic rings. The number of urea groups is 1. The molecule has 1 heterocycles. The molecule has 0 aliphatic heterocycles. The summed E-state index contributed by atoms with van der Waals surface area (Å²) in [7, 11) is 3.48. The van der Waals surface area contributed by atoms with Gasteiger partial charge in [0, 0.05) is 18.6 Å². The minimum Gasteiger partial charge on any atom is -0.495 e. The molecule has 0 aliphatic carbocycles. The number of unbranched alkanes of at least 4 members (excludes halogenated alkanes) is 1. The molecule has 0 saturated heterocycles. The summed E-state index contributed by atoms with van der Waals surface area (Å²) in [5.74, 6) is 0.520. The zero-order chi connectivity index (χ0) is 17.5. The predicted octanol–water partition coefficient (Wildman–Crippen LogP) is 4.08. The van der Waals surface area contributed by atoms with Gasteiger partial charge in [0.1, 0.15) is 5.75 Å². The SMILES string of the molecule is CCCCN(C)c1nnc(NC(=O)Nc2cc(Cl)ccc2OC)s1. The van der Waals surface area contributed by atoms with Crippen LogP contribution in [-0.2, 0) is 0 Å². The summed E-state index contributed by atoms with van der Waals surface area (Å²) in [6.07, 6.45) is 2.19. The van der Waals surface area contributed by atoms with Gasteiger partial charge in [-0.3, -0.25) is 5.32 Å². The first kappa shape index (κ1) is 18.3. The Morgan fingerprint density at radius 3 is 2.88 bits per heavy atom. The Kier molecular flexibility index (Phi) is 6.62. The highest BCUT2D eigenvalue weighted by Gasteiger charge is 2.13. The van der Waals surface area contributed by atoms with Crippen molar-refractivity contribution < 1.29 is 9.53 Å². The van der Waals surface area contributed by atoms with E-state index in [1.54, 1.807) is 18.2 Å². The van der Waals surface area contributed by atoms with Crippen molar-refractivity contribution in [2.24, 2.45) is 0 Å². The molecule has 0 fully saturated rings. The normalized spacial score (nSPS) is 10.3. The zero-order valence-corrected chi connectivity index (χ0v) is 15.4. The Balaban J connectivity index is 1.98. The van der Waals surface area contributed by atoms with Crippen LogP contribution in [0.4, 0.5) is 20.7 Å². The number of carbonyl (C=O) groups excluding carboxylic acids is 1. The van der Waals surface area contributed by atoms with Crippen LogP contribution in [-0.4, -0.2) is 36.9 Å². The van der Waals surface area contributed by atoms with Crippen LogP contribution in [0, 0.1) is 0 Å². The number of amides is 2. The number of nitrogens with zero attached hydrogens (tertiary/aromatic N) is 3. The summed E-state index contributed by atoms with van der Waals surface area (Å²) in [5.41, 5.74) is 0.479. The zero-order valence-electron chi connectivity index (χ0n) is 13.8. The molecule has 0 radical (unpaired) electrons. The molecule has 0 bridgehead atoms. The van der Waals surface area contributed by atoms with Gasteiger partial charge < -0.3 is 15.0 Å². The van der Waals surface area contributed by atoms with Crippen LogP contribution < -0.4 is 20.3 Å². The number of aromatic nitrogens is 2. The third-order valence-corrected chi connectivity index (χ3v) is 4.41. The standard InChI is InChI=1S/C15H20ClN5O2S/c1-4-5-8-21(2)15-20-19-14(24-15)18-13(22)17-11-9-10(16)6-7-12(11)23-3/h6-7,9H,4-5,8H2,1-3H3,(H2,17,18,19,22). The summed E-state index contributed by atoms with van der Waals surface area (Å²) in [5, 5.41) is 15.1. The van der Waals surface area contributed by atoms with Crippen molar-refractivity contribution in [3.05, 3.63) is 23.2 Å². The summed E-state index contributed by atoms with van der Waals surface area (Å²) in [4.78, 5) is 14.1. The molecule has 1 aromatic carbocycles. The van der Waals surface area contributed by atoms with E-state index >= 15 is 0 Å². The van der Waals surface area contributed by atoms with Crippen molar-refractivity contribution in [1.29, 1.82) is 0 Å². The van der Waals surface area contributed by atoms with Gasteiger partial charge in [-0.05, 0) is 24.6 Å². The average Bonchev–Trinajstić information content (AvgIpc) is 3.01. The van der Waals surface area contributed by atoms with E-state index in [-0.39, 0.29) is 0 Å². The first-order valence-corrected chi connectivity index (χ1v) is 8.69. The molecule has 0 saturated carbocycles. The minimum atomic E-state index is -0.436. The lowest BCUT2D eigenvalue weighted by Crippen LogP contribution is -2.19. The smallest absolute Gasteiger partial charge is 0.325 e. The first-order chi connectivity index (χ1) is 11.5. The topological polar surface area (TPSA) is 79.4 Å². The molecule has 24 heavy (non-hydrogen) atoms. The van der Waals surface area contributed by atoms with Crippen molar-refractivity contribution in [3.8, 4) is 5.75 Å². The molecule has 0 unspecified atom stereocenters. The molecular weight excluding hydrogens is 350 g/mol. The van der Waals surface area contributed by atoms with Gasteiger partial charge in [0.15, 0.2) is 0 Å². The fourth-order valence-corrected chi connectivity index (χ4v) is 2.84. The number of carbonyl (C=O) groups is 1. The molecule has 2 N–H and O–H groups in total. The van der Waals surface area contributed by atoms with Crippen LogP contribution in [0.3, 0.4) is 0 Å². The third-order valence-electron chi connectivity index (χ3n) is 3.22. The summed E-state index contributed by atoms with van der Waals surface area (Å²) in [6, 6.07) is 4.55. The van der Waals surface area contributed by atoms with Gasteiger partial charge in [0.05, 0.1) is 12.8 Å². The average molecular weight is 370 g/mol. The number of nitrogens with one attached hydrogen (secondary N) is 2. The van der Waals surface area contributed by atoms with Gasteiger partial charge >= 0.3 is 6.03 Å². The molecule has 0 aliphatic rings. The number of ether oxygens (including phenoxy) is 1. The van der Waals surface area contributed by atoms with Crippen LogP contribution in [0.2, 0.25) is 5.02 Å². The van der Waals surface area contributed by atoms with Gasteiger partial charge in [0.2, 0.25) is 10.3 Å². The number of hydrogen-bond acceptors (Lipinski definition) is 6. The second-order valence-electron chi connectivity index (χ2n) is 5.09. The maximum Gasteiger partial charge on any atom is 0.325 e. The number of methoxy groups -OCH3 is 1. The first-order valence-electron chi connectivity index (χ1n) is 7.49. The Morgan fingerprint density at radius 1 is 1.38 bits per heavy atom.